The predicted molar refractivity (Wildman–Crippen MR) is 108 cm³/mol. The van der Waals surface area contributed by atoms with Crippen molar-refractivity contribution in [3.8, 4) is 0 Å². The molecule has 2 fully saturated rings. The van der Waals surface area contributed by atoms with Crippen molar-refractivity contribution in [1.82, 2.24) is 15.5 Å². The van der Waals surface area contributed by atoms with Crippen LogP contribution < -0.4 is 10.6 Å². The first-order chi connectivity index (χ1) is 14.7. The Bertz CT molecular complexity index is 703. The van der Waals surface area contributed by atoms with Crippen LogP contribution in [0.3, 0.4) is 0 Å². The van der Waals surface area contributed by atoms with E-state index < -0.39 is 12.1 Å². The molecule has 0 atom stereocenters. The molecule has 0 aromatic heterocycles. The van der Waals surface area contributed by atoms with Crippen LogP contribution in [0.15, 0.2) is 24.3 Å². The minimum atomic E-state index is -5.08. The molecule has 2 amide bonds. The van der Waals surface area contributed by atoms with Crippen molar-refractivity contribution in [3.05, 3.63) is 35.4 Å². The maximum atomic E-state index is 12.6. The number of nitrogens with zero attached hydrogens (tertiary/aromatic N) is 1. The summed E-state index contributed by atoms with van der Waals surface area (Å²) in [7, 11) is 1.70. The average molecular weight is 445 g/mol. The van der Waals surface area contributed by atoms with Gasteiger partial charge in [0.25, 0.3) is 0 Å². The minimum absolute atomic E-state index is 0.0944. The van der Waals surface area contributed by atoms with Gasteiger partial charge in [0.1, 0.15) is 0 Å². The Morgan fingerprint density at radius 3 is 2.16 bits per heavy atom. The second-order valence-corrected chi connectivity index (χ2v) is 7.79. The molecule has 10 heteroatoms. The van der Waals surface area contributed by atoms with E-state index in [1.807, 2.05) is 0 Å². The second kappa shape index (κ2) is 11.9. The van der Waals surface area contributed by atoms with Gasteiger partial charge in [-0.3, -0.25) is 0 Å². The Morgan fingerprint density at radius 1 is 1.13 bits per heavy atom. The summed E-state index contributed by atoms with van der Waals surface area (Å²) < 4.78 is 36.9. The molecule has 31 heavy (non-hydrogen) atoms. The number of ether oxygens (including phenoxy) is 1. The number of urea groups is 1. The molecule has 0 radical (unpaired) electrons. The first kappa shape index (κ1) is 24.9. The standard InChI is InChI=1S/C19H29N3O2.C2HF3O2/c1-24-14-17-4-2-15(3-5-17)12-21-19(23)22(18-6-7-18)13-16-8-10-20-11-9-16;3-2(4,5)1(6)7/h2-5,16,18,20H,6-14H2,1H3,(H,21,23);(H,6,7). The first-order valence-electron chi connectivity index (χ1n) is 10.3. The number of nitrogens with one attached hydrogen (secondary N) is 2. The van der Waals surface area contributed by atoms with E-state index in [9.17, 15) is 18.0 Å². The molecular formula is C21H30F3N3O4. The van der Waals surface area contributed by atoms with Crippen molar-refractivity contribution < 1.29 is 32.6 Å². The average Bonchev–Trinajstić information content (AvgIpc) is 3.57. The summed E-state index contributed by atoms with van der Waals surface area (Å²) in [5.41, 5.74) is 2.28. The molecule has 174 valence electrons. The van der Waals surface area contributed by atoms with Gasteiger partial charge in [0.2, 0.25) is 0 Å². The van der Waals surface area contributed by atoms with Crippen LogP contribution in [0.5, 0.6) is 0 Å². The number of hydrogen-bond acceptors (Lipinski definition) is 4. The number of aliphatic carboxylic acids is 1. The van der Waals surface area contributed by atoms with E-state index in [0.29, 0.717) is 25.1 Å². The van der Waals surface area contributed by atoms with Gasteiger partial charge in [0.05, 0.1) is 6.61 Å². The molecule has 1 aliphatic carbocycles. The Balaban J connectivity index is 0.000000423. The molecule has 1 aliphatic heterocycles. The number of carbonyl (C=O) groups excluding carboxylic acids is 1. The Kier molecular flexibility index (Phi) is 9.57. The highest BCUT2D eigenvalue weighted by atomic mass is 19.4. The van der Waals surface area contributed by atoms with E-state index in [2.05, 4.69) is 39.8 Å². The fourth-order valence-corrected chi connectivity index (χ4v) is 3.33. The third-order valence-corrected chi connectivity index (χ3v) is 5.18. The summed E-state index contributed by atoms with van der Waals surface area (Å²) >= 11 is 0. The zero-order chi connectivity index (χ0) is 22.9. The fraction of sp³-hybridized carbons (Fsp3) is 0.619. The molecule has 1 saturated carbocycles. The van der Waals surface area contributed by atoms with Gasteiger partial charge in [0.15, 0.2) is 0 Å². The van der Waals surface area contributed by atoms with Crippen molar-refractivity contribution in [2.45, 2.75) is 51.1 Å². The number of halogens is 3. The molecule has 1 saturated heterocycles. The highest BCUT2D eigenvalue weighted by Gasteiger charge is 2.38. The molecule has 0 bridgehead atoms. The first-order valence-corrected chi connectivity index (χ1v) is 10.3. The van der Waals surface area contributed by atoms with Gasteiger partial charge in [-0.25, -0.2) is 9.59 Å². The normalized spacial score (nSPS) is 16.8. The van der Waals surface area contributed by atoms with Crippen molar-refractivity contribution in [3.63, 3.8) is 0 Å². The zero-order valence-corrected chi connectivity index (χ0v) is 17.6. The van der Waals surface area contributed by atoms with E-state index in [4.69, 9.17) is 14.6 Å². The molecule has 1 heterocycles. The number of carbonyl (C=O) groups is 2. The number of carboxylic acids is 1. The summed E-state index contributed by atoms with van der Waals surface area (Å²) in [6.45, 7) is 4.28. The molecule has 1 aromatic carbocycles. The Morgan fingerprint density at radius 2 is 1.68 bits per heavy atom. The summed E-state index contributed by atoms with van der Waals surface area (Å²) in [4.78, 5) is 23.6. The van der Waals surface area contributed by atoms with Gasteiger partial charge in [-0.2, -0.15) is 13.2 Å². The topological polar surface area (TPSA) is 90.9 Å². The second-order valence-electron chi connectivity index (χ2n) is 7.79. The highest BCUT2D eigenvalue weighted by Crippen LogP contribution is 2.29. The number of carboxylic acid groups (broad SMARTS) is 1. The minimum Gasteiger partial charge on any atom is -0.475 e. The van der Waals surface area contributed by atoms with Crippen molar-refractivity contribution in [2.24, 2.45) is 5.92 Å². The van der Waals surface area contributed by atoms with Crippen molar-refractivity contribution >= 4 is 12.0 Å². The lowest BCUT2D eigenvalue weighted by molar-refractivity contribution is -0.192. The Labute approximate surface area is 179 Å². The van der Waals surface area contributed by atoms with Crippen LogP contribution >= 0.6 is 0 Å². The van der Waals surface area contributed by atoms with Crippen LogP contribution in [-0.4, -0.2) is 61.0 Å². The lowest BCUT2D eigenvalue weighted by atomic mass is 9.97. The smallest absolute Gasteiger partial charge is 0.475 e. The molecule has 2 aliphatic rings. The lowest BCUT2D eigenvalue weighted by Crippen LogP contribution is -2.45. The largest absolute Gasteiger partial charge is 0.490 e. The predicted octanol–water partition coefficient (Wildman–Crippen LogP) is 3.14. The molecule has 7 nitrogen and oxygen atoms in total. The van der Waals surface area contributed by atoms with E-state index in [-0.39, 0.29) is 6.03 Å². The van der Waals surface area contributed by atoms with Crippen LogP contribution in [0, 0.1) is 5.92 Å². The van der Waals surface area contributed by atoms with Crippen LogP contribution in [0.25, 0.3) is 0 Å². The number of amides is 2. The quantitative estimate of drug-likeness (QED) is 0.600. The molecular weight excluding hydrogens is 415 g/mol. The molecule has 1 aromatic rings. The number of alkyl halides is 3. The third kappa shape index (κ3) is 9.14. The van der Waals surface area contributed by atoms with Gasteiger partial charge in [-0.1, -0.05) is 24.3 Å². The maximum Gasteiger partial charge on any atom is 0.490 e. The SMILES string of the molecule is COCc1ccc(CNC(=O)N(CC2CCNCC2)C2CC2)cc1.O=C(O)C(F)(F)F. The number of piperidine rings is 1. The summed E-state index contributed by atoms with van der Waals surface area (Å²) in [5.74, 6) is -2.11. The van der Waals surface area contributed by atoms with Crippen LogP contribution in [0.1, 0.15) is 36.8 Å². The molecule has 3 N–H and O–H groups in total. The monoisotopic (exact) mass is 445 g/mol. The van der Waals surface area contributed by atoms with Gasteiger partial charge in [-0.05, 0) is 55.8 Å². The van der Waals surface area contributed by atoms with Crippen LogP contribution in [0.4, 0.5) is 18.0 Å². The number of benzene rings is 1. The molecule has 3 rings (SSSR count). The third-order valence-electron chi connectivity index (χ3n) is 5.18. The van der Waals surface area contributed by atoms with Gasteiger partial charge in [-0.15, -0.1) is 0 Å². The number of rotatable bonds is 7. The van der Waals surface area contributed by atoms with Crippen LogP contribution in [0.2, 0.25) is 0 Å². The summed E-state index contributed by atoms with van der Waals surface area (Å²) in [5, 5.41) is 13.6. The van der Waals surface area contributed by atoms with Gasteiger partial charge in [0, 0.05) is 26.2 Å². The zero-order valence-electron chi connectivity index (χ0n) is 17.6. The Hall–Kier alpha value is -2.33. The van der Waals surface area contributed by atoms with E-state index in [1.165, 1.54) is 12.8 Å². The number of methoxy groups -OCH3 is 1. The summed E-state index contributed by atoms with van der Waals surface area (Å²) in [6.07, 6.45) is -0.414. The fourth-order valence-electron chi connectivity index (χ4n) is 3.33. The highest BCUT2D eigenvalue weighted by molar-refractivity contribution is 5.75. The van der Waals surface area contributed by atoms with E-state index in [0.717, 1.165) is 43.6 Å². The van der Waals surface area contributed by atoms with Gasteiger partial charge < -0.3 is 25.4 Å². The molecule has 0 spiro atoms. The lowest BCUT2D eigenvalue weighted by Gasteiger charge is -2.30. The molecule has 0 unspecified atom stereocenters. The summed E-state index contributed by atoms with van der Waals surface area (Å²) in [6, 6.07) is 8.78. The number of hydrogen-bond donors (Lipinski definition) is 3. The van der Waals surface area contributed by atoms with Crippen molar-refractivity contribution in [2.75, 3.05) is 26.7 Å². The maximum absolute atomic E-state index is 12.6. The van der Waals surface area contributed by atoms with E-state index >= 15 is 0 Å². The van der Waals surface area contributed by atoms with Crippen molar-refractivity contribution in [1.29, 1.82) is 0 Å². The van der Waals surface area contributed by atoms with Crippen LogP contribution in [-0.2, 0) is 22.7 Å². The van der Waals surface area contributed by atoms with E-state index in [1.54, 1.807) is 7.11 Å². The van der Waals surface area contributed by atoms with Gasteiger partial charge >= 0.3 is 18.2 Å².